The Morgan fingerprint density at radius 1 is 1.07 bits per heavy atom. The number of aliphatic hydroxyl groups excluding tert-OH is 1. The number of nitrogens with zero attached hydrogens (tertiary/aromatic N) is 2. The third kappa shape index (κ3) is 3.26. The average Bonchev–Trinajstić information content (AvgIpc) is 3.27. The zero-order valence-corrected chi connectivity index (χ0v) is 17.5. The van der Waals surface area contributed by atoms with Crippen LogP contribution in [0.3, 0.4) is 0 Å². The maximum Gasteiger partial charge on any atom is 0.163 e. The second-order valence-electron chi connectivity index (χ2n) is 8.78. The SMILES string of the molecule is CC(=O)c1ccc2c(c1)c1c3c(ccc1n2CCCN1CCC(O)CC1)C(=O)CC3. The highest BCUT2D eigenvalue weighted by atomic mass is 16.3. The van der Waals surface area contributed by atoms with Gasteiger partial charge in [0.15, 0.2) is 11.6 Å². The van der Waals surface area contributed by atoms with Crippen molar-refractivity contribution < 1.29 is 14.7 Å². The molecule has 2 heterocycles. The molecule has 156 valence electrons. The molecule has 1 saturated heterocycles. The minimum Gasteiger partial charge on any atom is -0.393 e. The molecule has 0 radical (unpaired) electrons. The lowest BCUT2D eigenvalue weighted by atomic mass is 10.0. The minimum atomic E-state index is -0.140. The second kappa shape index (κ2) is 7.64. The van der Waals surface area contributed by atoms with E-state index in [0.29, 0.717) is 6.42 Å². The van der Waals surface area contributed by atoms with Crippen LogP contribution < -0.4 is 0 Å². The molecular weight excluding hydrogens is 376 g/mol. The molecule has 1 aromatic heterocycles. The summed E-state index contributed by atoms with van der Waals surface area (Å²) in [5, 5.41) is 12.0. The number of rotatable bonds is 5. The van der Waals surface area contributed by atoms with E-state index >= 15 is 0 Å². The van der Waals surface area contributed by atoms with Crippen LogP contribution in [0, 0.1) is 0 Å². The summed E-state index contributed by atoms with van der Waals surface area (Å²) in [4.78, 5) is 26.8. The van der Waals surface area contributed by atoms with Crippen molar-refractivity contribution in [1.29, 1.82) is 0 Å². The van der Waals surface area contributed by atoms with E-state index in [9.17, 15) is 14.7 Å². The molecule has 0 bridgehead atoms. The molecule has 0 atom stereocenters. The summed E-state index contributed by atoms with van der Waals surface area (Å²) in [5.74, 6) is 0.288. The van der Waals surface area contributed by atoms with E-state index in [0.717, 1.165) is 90.4 Å². The van der Waals surface area contributed by atoms with Crippen LogP contribution in [-0.4, -0.2) is 51.9 Å². The van der Waals surface area contributed by atoms with Gasteiger partial charge in [-0.05, 0) is 75.0 Å². The molecule has 1 aliphatic heterocycles. The van der Waals surface area contributed by atoms with Gasteiger partial charge in [0.05, 0.1) is 6.10 Å². The van der Waals surface area contributed by atoms with Crippen LogP contribution in [0.25, 0.3) is 21.8 Å². The highest BCUT2D eigenvalue weighted by Gasteiger charge is 2.25. The maximum absolute atomic E-state index is 12.3. The van der Waals surface area contributed by atoms with Crippen LogP contribution in [-0.2, 0) is 13.0 Å². The molecule has 5 heteroatoms. The quantitative estimate of drug-likeness (QED) is 0.654. The number of aromatic nitrogens is 1. The van der Waals surface area contributed by atoms with E-state index in [1.54, 1.807) is 6.92 Å². The van der Waals surface area contributed by atoms with Gasteiger partial charge in [-0.2, -0.15) is 0 Å². The number of Topliss-reactive ketones (excluding diaryl/α,β-unsaturated/α-hetero) is 2. The van der Waals surface area contributed by atoms with Crippen molar-refractivity contribution in [2.45, 2.75) is 51.7 Å². The summed E-state index contributed by atoms with van der Waals surface area (Å²) in [7, 11) is 0. The summed E-state index contributed by atoms with van der Waals surface area (Å²) in [6.45, 7) is 5.44. The Morgan fingerprint density at radius 3 is 2.60 bits per heavy atom. The number of aryl methyl sites for hydroxylation is 2. The zero-order chi connectivity index (χ0) is 20.8. The van der Waals surface area contributed by atoms with Crippen molar-refractivity contribution >= 4 is 33.4 Å². The smallest absolute Gasteiger partial charge is 0.163 e. The molecule has 0 saturated carbocycles. The van der Waals surface area contributed by atoms with E-state index in [1.165, 1.54) is 0 Å². The van der Waals surface area contributed by atoms with Gasteiger partial charge in [-0.3, -0.25) is 9.59 Å². The Balaban J connectivity index is 1.53. The van der Waals surface area contributed by atoms with Crippen molar-refractivity contribution in [3.05, 3.63) is 47.0 Å². The molecule has 1 aliphatic carbocycles. The minimum absolute atomic E-state index is 0.0636. The molecule has 0 spiro atoms. The van der Waals surface area contributed by atoms with Crippen LogP contribution in [0.1, 0.15) is 58.9 Å². The van der Waals surface area contributed by atoms with Crippen LogP contribution in [0.4, 0.5) is 0 Å². The van der Waals surface area contributed by atoms with Crippen LogP contribution in [0.2, 0.25) is 0 Å². The predicted molar refractivity (Wildman–Crippen MR) is 118 cm³/mol. The molecule has 2 aromatic carbocycles. The molecule has 30 heavy (non-hydrogen) atoms. The first kappa shape index (κ1) is 19.5. The van der Waals surface area contributed by atoms with Gasteiger partial charge in [0.2, 0.25) is 0 Å². The average molecular weight is 405 g/mol. The van der Waals surface area contributed by atoms with Crippen molar-refractivity contribution in [2.24, 2.45) is 0 Å². The van der Waals surface area contributed by atoms with Gasteiger partial charge in [-0.1, -0.05) is 0 Å². The van der Waals surface area contributed by atoms with Crippen LogP contribution in [0.15, 0.2) is 30.3 Å². The third-order valence-electron chi connectivity index (χ3n) is 6.86. The summed E-state index contributed by atoms with van der Waals surface area (Å²) < 4.78 is 2.36. The number of hydrogen-bond acceptors (Lipinski definition) is 4. The highest BCUT2D eigenvalue weighted by molar-refractivity contribution is 6.16. The number of fused-ring (bicyclic) bond motifs is 5. The Hall–Kier alpha value is -2.50. The number of benzene rings is 2. The largest absolute Gasteiger partial charge is 0.393 e. The number of likely N-dealkylation sites (tertiary alicyclic amines) is 1. The third-order valence-corrected chi connectivity index (χ3v) is 6.86. The first-order valence-corrected chi connectivity index (χ1v) is 11.1. The van der Waals surface area contributed by atoms with E-state index in [-0.39, 0.29) is 17.7 Å². The van der Waals surface area contributed by atoms with E-state index < -0.39 is 0 Å². The molecular formula is C25H28N2O3. The number of aliphatic hydroxyl groups is 1. The van der Waals surface area contributed by atoms with Gasteiger partial charge in [-0.25, -0.2) is 0 Å². The Bertz CT molecular complexity index is 1150. The fourth-order valence-corrected chi connectivity index (χ4v) is 5.21. The Morgan fingerprint density at radius 2 is 1.83 bits per heavy atom. The number of hydrogen-bond donors (Lipinski definition) is 1. The van der Waals surface area contributed by atoms with Crippen LogP contribution in [0.5, 0.6) is 0 Å². The van der Waals surface area contributed by atoms with Crippen molar-refractivity contribution in [3.8, 4) is 0 Å². The normalized spacial score (nSPS) is 17.9. The van der Waals surface area contributed by atoms with E-state index in [1.807, 2.05) is 18.2 Å². The fraction of sp³-hybridized carbons (Fsp3) is 0.440. The number of ketones is 2. The van der Waals surface area contributed by atoms with Crippen molar-refractivity contribution in [3.63, 3.8) is 0 Å². The van der Waals surface area contributed by atoms with E-state index in [2.05, 4.69) is 21.6 Å². The molecule has 5 nitrogen and oxygen atoms in total. The summed E-state index contributed by atoms with van der Waals surface area (Å²) in [5.41, 5.74) is 5.01. The first-order chi connectivity index (χ1) is 14.5. The summed E-state index contributed by atoms with van der Waals surface area (Å²) in [6.07, 6.45) is 3.98. The number of carbonyl (C=O) groups excluding carboxylic acids is 2. The second-order valence-corrected chi connectivity index (χ2v) is 8.78. The van der Waals surface area contributed by atoms with Gasteiger partial charge < -0.3 is 14.6 Å². The zero-order valence-electron chi connectivity index (χ0n) is 17.5. The molecule has 1 N–H and O–H groups in total. The molecule has 0 amide bonds. The highest BCUT2D eigenvalue weighted by Crippen LogP contribution is 2.37. The molecule has 2 aliphatic rings. The topological polar surface area (TPSA) is 62.5 Å². The summed E-state index contributed by atoms with van der Waals surface area (Å²) in [6, 6.07) is 10.1. The van der Waals surface area contributed by atoms with Gasteiger partial charge in [0.1, 0.15) is 0 Å². The lowest BCUT2D eigenvalue weighted by molar-refractivity contribution is 0.0816. The standard InChI is InChI=1S/C25H28N2O3/c1-16(28)17-3-6-22-21(15-17)25-20-5-8-24(30)19(20)4-7-23(25)27(22)12-2-11-26-13-9-18(29)10-14-26/h3-4,6-7,15,18,29H,2,5,8-14H2,1H3. The van der Waals surface area contributed by atoms with Crippen molar-refractivity contribution in [2.75, 3.05) is 19.6 Å². The van der Waals surface area contributed by atoms with Crippen LogP contribution >= 0.6 is 0 Å². The summed E-state index contributed by atoms with van der Waals surface area (Å²) >= 11 is 0. The number of carbonyl (C=O) groups is 2. The maximum atomic E-state index is 12.3. The Kier molecular flexibility index (Phi) is 4.95. The fourth-order valence-electron chi connectivity index (χ4n) is 5.21. The van der Waals surface area contributed by atoms with Gasteiger partial charge in [-0.15, -0.1) is 0 Å². The lowest BCUT2D eigenvalue weighted by Crippen LogP contribution is -2.36. The van der Waals surface area contributed by atoms with Gasteiger partial charge in [0.25, 0.3) is 0 Å². The molecule has 3 aromatic rings. The number of piperidine rings is 1. The van der Waals surface area contributed by atoms with Crippen molar-refractivity contribution in [1.82, 2.24) is 9.47 Å². The molecule has 5 rings (SSSR count). The lowest BCUT2D eigenvalue weighted by Gasteiger charge is -2.29. The predicted octanol–water partition coefficient (Wildman–Crippen LogP) is 3.97. The van der Waals surface area contributed by atoms with E-state index in [4.69, 9.17) is 0 Å². The van der Waals surface area contributed by atoms with Gasteiger partial charge in [0, 0.05) is 59.0 Å². The monoisotopic (exact) mass is 404 g/mol. The first-order valence-electron chi connectivity index (χ1n) is 11.1. The van der Waals surface area contributed by atoms with Gasteiger partial charge >= 0.3 is 0 Å². The molecule has 0 unspecified atom stereocenters. The Labute approximate surface area is 176 Å². The molecule has 1 fully saturated rings.